The number of alkyl halides is 3. The van der Waals surface area contributed by atoms with Crippen LogP contribution in [0.2, 0.25) is 0 Å². The molecule has 15 heavy (non-hydrogen) atoms. The van der Waals surface area contributed by atoms with Gasteiger partial charge in [0.15, 0.2) is 0 Å². The van der Waals surface area contributed by atoms with E-state index < -0.39 is 16.8 Å². The Balaban J connectivity index is 4.83. The molecular weight excluding hydrogens is 247 g/mol. The molecule has 0 bridgehead atoms. The van der Waals surface area contributed by atoms with Crippen LogP contribution in [0.1, 0.15) is 6.92 Å². The van der Waals surface area contributed by atoms with Gasteiger partial charge < -0.3 is 0 Å². The second kappa shape index (κ2) is 5.85. The number of aliphatic imine (C=N–C) groups is 1. The summed E-state index contributed by atoms with van der Waals surface area (Å²) in [7, 11) is 0. The van der Waals surface area contributed by atoms with Gasteiger partial charge >= 0.3 is 6.18 Å². The van der Waals surface area contributed by atoms with Gasteiger partial charge in [0, 0.05) is 10.6 Å². The molecule has 1 nitrogen and oxygen atoms in total. The molecule has 6 heteroatoms. The molecule has 82 valence electrons. The van der Waals surface area contributed by atoms with Crippen molar-refractivity contribution in [3.8, 4) is 0 Å². The predicted octanol–water partition coefficient (Wildman–Crippen LogP) is 4.23. The van der Waals surface area contributed by atoms with Gasteiger partial charge in [0.05, 0.1) is 10.9 Å². The van der Waals surface area contributed by atoms with Crippen molar-refractivity contribution in [2.24, 2.45) is 4.99 Å². The molecule has 0 aliphatic rings. The predicted molar refractivity (Wildman–Crippen MR) is 57.9 cm³/mol. The zero-order valence-electron chi connectivity index (χ0n) is 7.73. The van der Waals surface area contributed by atoms with Crippen LogP contribution in [0.5, 0.6) is 0 Å². The van der Waals surface area contributed by atoms with Crippen molar-refractivity contribution in [1.29, 1.82) is 0 Å². The Bertz CT molecular complexity index is 362. The first-order valence-electron chi connectivity index (χ1n) is 3.67. The summed E-state index contributed by atoms with van der Waals surface area (Å²) in [6, 6.07) is 0. The summed E-state index contributed by atoms with van der Waals surface area (Å²) in [4.78, 5) is 3.44. The van der Waals surface area contributed by atoms with Crippen molar-refractivity contribution in [2.75, 3.05) is 0 Å². The van der Waals surface area contributed by atoms with E-state index in [1.807, 2.05) is 5.16 Å². The number of thiocarbonyl (C=S) groups is 1. The Hall–Kier alpha value is -0.900. The zero-order valence-corrected chi connectivity index (χ0v) is 9.30. The van der Waals surface area contributed by atoms with E-state index in [1.54, 1.807) is 0 Å². The standard InChI is InChI=1S/C9H7ClF3NS/c1-6(14-5-15)3-4-8(10)7(2)9(11,12)13/h3-4H,1H2,2H3. The fraction of sp³-hybridized carbons (Fsp3) is 0.222. The Morgan fingerprint density at radius 1 is 1.47 bits per heavy atom. The summed E-state index contributed by atoms with van der Waals surface area (Å²) in [6.07, 6.45) is -2.16. The highest BCUT2D eigenvalue weighted by Gasteiger charge is 2.31. The lowest BCUT2D eigenvalue weighted by Gasteiger charge is -2.06. The first kappa shape index (κ1) is 14.1. The fourth-order valence-corrected chi connectivity index (χ4v) is 0.813. The highest BCUT2D eigenvalue weighted by molar-refractivity contribution is 7.78. The van der Waals surface area contributed by atoms with E-state index in [0.29, 0.717) is 0 Å². The molecule has 0 heterocycles. The second-order valence-electron chi connectivity index (χ2n) is 2.50. The second-order valence-corrected chi connectivity index (χ2v) is 3.09. The summed E-state index contributed by atoms with van der Waals surface area (Å²) in [6.45, 7) is 4.28. The number of halogens is 4. The van der Waals surface area contributed by atoms with Crippen molar-refractivity contribution in [3.05, 3.63) is 35.0 Å². The monoisotopic (exact) mass is 253 g/mol. The zero-order chi connectivity index (χ0) is 12.1. The lowest BCUT2D eigenvalue weighted by atomic mass is 10.2. The van der Waals surface area contributed by atoms with E-state index >= 15 is 0 Å². The average molecular weight is 254 g/mol. The van der Waals surface area contributed by atoms with Crippen LogP contribution >= 0.6 is 23.8 Å². The van der Waals surface area contributed by atoms with Gasteiger partial charge in [-0.2, -0.15) is 18.2 Å². The van der Waals surface area contributed by atoms with Gasteiger partial charge in [-0.1, -0.05) is 18.2 Å². The minimum atomic E-state index is -4.43. The van der Waals surface area contributed by atoms with E-state index in [-0.39, 0.29) is 5.70 Å². The van der Waals surface area contributed by atoms with E-state index in [0.717, 1.165) is 13.0 Å². The van der Waals surface area contributed by atoms with Crippen LogP contribution in [0, 0.1) is 0 Å². The SMILES string of the molecule is C=C(C=CC(Cl)=C(C)C(F)(F)F)N=C=S. The van der Waals surface area contributed by atoms with Crippen molar-refractivity contribution < 1.29 is 13.2 Å². The summed E-state index contributed by atoms with van der Waals surface area (Å²) < 4.78 is 36.4. The molecule has 0 saturated carbocycles. The molecule has 0 N–H and O–H groups in total. The molecule has 0 saturated heterocycles. The first-order chi connectivity index (χ1) is 6.79. The number of rotatable bonds is 3. The maximum atomic E-state index is 12.1. The topological polar surface area (TPSA) is 12.4 Å². The number of allylic oxidation sites excluding steroid dienone is 4. The first-order valence-corrected chi connectivity index (χ1v) is 4.46. The molecule has 0 radical (unpaired) electrons. The van der Waals surface area contributed by atoms with Crippen molar-refractivity contribution in [2.45, 2.75) is 13.1 Å². The molecule has 0 unspecified atom stereocenters. The normalized spacial score (nSPS) is 13.4. The van der Waals surface area contributed by atoms with E-state index in [2.05, 4.69) is 23.8 Å². The third kappa shape index (κ3) is 5.52. The van der Waals surface area contributed by atoms with Crippen molar-refractivity contribution in [1.82, 2.24) is 0 Å². The van der Waals surface area contributed by atoms with Crippen LogP contribution < -0.4 is 0 Å². The number of hydrogen-bond donors (Lipinski definition) is 0. The van der Waals surface area contributed by atoms with Gasteiger partial charge in [-0.05, 0) is 31.3 Å². The Morgan fingerprint density at radius 3 is 2.40 bits per heavy atom. The van der Waals surface area contributed by atoms with Crippen LogP contribution in [0.4, 0.5) is 13.2 Å². The van der Waals surface area contributed by atoms with Gasteiger partial charge in [0.25, 0.3) is 0 Å². The molecule has 0 aliphatic heterocycles. The van der Waals surface area contributed by atoms with Crippen molar-refractivity contribution >= 4 is 29.0 Å². The van der Waals surface area contributed by atoms with E-state index in [9.17, 15) is 13.2 Å². The Labute approximate surface area is 95.6 Å². The quantitative estimate of drug-likeness (QED) is 0.416. The van der Waals surface area contributed by atoms with Crippen LogP contribution in [0.3, 0.4) is 0 Å². The lowest BCUT2D eigenvalue weighted by molar-refractivity contribution is -0.0915. The third-order valence-corrected chi connectivity index (χ3v) is 1.90. The van der Waals surface area contributed by atoms with E-state index in [4.69, 9.17) is 11.6 Å². The maximum Gasteiger partial charge on any atom is 0.413 e. The van der Waals surface area contributed by atoms with Crippen molar-refractivity contribution in [3.63, 3.8) is 0 Å². The van der Waals surface area contributed by atoms with Gasteiger partial charge in [-0.3, -0.25) is 0 Å². The summed E-state index contributed by atoms with van der Waals surface area (Å²) in [5.74, 6) is 0. The number of nitrogens with zero attached hydrogens (tertiary/aromatic N) is 1. The molecule has 0 atom stereocenters. The maximum absolute atomic E-state index is 12.1. The van der Waals surface area contributed by atoms with Crippen LogP contribution in [0.25, 0.3) is 0 Å². The van der Waals surface area contributed by atoms with Gasteiger partial charge in [-0.25, -0.2) is 0 Å². The Morgan fingerprint density at radius 2 is 2.00 bits per heavy atom. The highest BCUT2D eigenvalue weighted by atomic mass is 35.5. The largest absolute Gasteiger partial charge is 0.413 e. The van der Waals surface area contributed by atoms with Crippen LogP contribution in [0.15, 0.2) is 40.0 Å². The minimum absolute atomic E-state index is 0.179. The van der Waals surface area contributed by atoms with E-state index in [1.165, 1.54) is 6.08 Å². The molecule has 0 fully saturated rings. The van der Waals surface area contributed by atoms with Gasteiger partial charge in [-0.15, -0.1) is 0 Å². The highest BCUT2D eigenvalue weighted by Crippen LogP contribution is 2.29. The third-order valence-electron chi connectivity index (χ3n) is 1.39. The summed E-state index contributed by atoms with van der Waals surface area (Å²) >= 11 is 9.69. The average Bonchev–Trinajstić information content (AvgIpc) is 2.12. The number of hydrogen-bond acceptors (Lipinski definition) is 2. The van der Waals surface area contributed by atoms with Gasteiger partial charge in [0.1, 0.15) is 0 Å². The smallest absolute Gasteiger partial charge is 0.195 e. The molecule has 0 aromatic carbocycles. The van der Waals surface area contributed by atoms with Crippen LogP contribution in [-0.4, -0.2) is 11.3 Å². The Kier molecular flexibility index (Phi) is 5.50. The molecule has 0 spiro atoms. The number of isothiocyanates is 1. The molecule has 0 amide bonds. The fourth-order valence-electron chi connectivity index (χ4n) is 0.526. The lowest BCUT2D eigenvalue weighted by Crippen LogP contribution is -2.09. The molecular formula is C9H7ClF3NS. The van der Waals surface area contributed by atoms with Gasteiger partial charge in [0.2, 0.25) is 0 Å². The molecule has 0 aliphatic carbocycles. The minimum Gasteiger partial charge on any atom is -0.195 e. The molecule has 0 aromatic heterocycles. The summed E-state index contributed by atoms with van der Waals surface area (Å²) in [5, 5.41) is 1.61. The molecule has 0 aromatic rings. The molecule has 0 rings (SSSR count). The van der Waals surface area contributed by atoms with Crippen LogP contribution in [-0.2, 0) is 0 Å². The summed E-state index contributed by atoms with van der Waals surface area (Å²) in [5.41, 5.74) is -0.697.